The Morgan fingerprint density at radius 3 is 2.58 bits per heavy atom. The average Bonchev–Trinajstić information content (AvgIpc) is 2.99. The molecular weight excluding hydrogens is 238 g/mol. The molecule has 1 saturated carbocycles. The van der Waals surface area contributed by atoms with E-state index in [-0.39, 0.29) is 5.91 Å². The van der Waals surface area contributed by atoms with Crippen molar-refractivity contribution in [1.82, 2.24) is 14.8 Å². The molecule has 3 heterocycles. The lowest BCUT2D eigenvalue weighted by Gasteiger charge is -2.29. The molecule has 3 aliphatic rings. The Hall–Kier alpha value is -1.29. The lowest BCUT2D eigenvalue weighted by atomic mass is 9.93. The van der Waals surface area contributed by atoms with Crippen molar-refractivity contribution in [2.45, 2.75) is 25.3 Å². The summed E-state index contributed by atoms with van der Waals surface area (Å²) < 4.78 is 2.21. The second-order valence-electron chi connectivity index (χ2n) is 6.27. The number of likely N-dealkylation sites (tertiary alicyclic amines) is 1. The van der Waals surface area contributed by atoms with E-state index in [0.29, 0.717) is 17.9 Å². The molecule has 0 spiro atoms. The van der Waals surface area contributed by atoms with Crippen molar-refractivity contribution in [3.05, 3.63) is 24.0 Å². The Bertz CT molecular complexity index is 479. The molecule has 2 aliphatic heterocycles. The van der Waals surface area contributed by atoms with E-state index in [9.17, 15) is 4.79 Å². The molecule has 2 unspecified atom stereocenters. The van der Waals surface area contributed by atoms with Gasteiger partial charge in [0.2, 0.25) is 0 Å². The van der Waals surface area contributed by atoms with Gasteiger partial charge in [0.25, 0.3) is 5.91 Å². The van der Waals surface area contributed by atoms with Crippen LogP contribution in [0.25, 0.3) is 0 Å². The predicted octanol–water partition coefficient (Wildman–Crippen LogP) is 1.50. The summed E-state index contributed by atoms with van der Waals surface area (Å²) in [6.07, 6.45) is 5.83. The van der Waals surface area contributed by atoms with E-state index >= 15 is 0 Å². The van der Waals surface area contributed by atoms with Gasteiger partial charge in [-0.15, -0.1) is 0 Å². The molecule has 1 N–H and O–H groups in total. The third kappa shape index (κ3) is 1.81. The van der Waals surface area contributed by atoms with Gasteiger partial charge in [-0.3, -0.25) is 4.79 Å². The zero-order valence-electron chi connectivity index (χ0n) is 11.2. The molecule has 3 fully saturated rings. The first-order valence-corrected chi connectivity index (χ1v) is 7.50. The second kappa shape index (κ2) is 4.37. The fourth-order valence-electron chi connectivity index (χ4n) is 3.74. The predicted molar refractivity (Wildman–Crippen MR) is 73.1 cm³/mol. The fraction of sp³-hybridized carbons (Fsp3) is 0.667. The van der Waals surface area contributed by atoms with Gasteiger partial charge >= 0.3 is 0 Å². The summed E-state index contributed by atoms with van der Waals surface area (Å²) in [5, 5.41) is 3.42. The number of aromatic nitrogens is 1. The molecule has 0 radical (unpaired) electrons. The fourth-order valence-corrected chi connectivity index (χ4v) is 3.74. The highest BCUT2D eigenvalue weighted by Gasteiger charge is 2.39. The minimum Gasteiger partial charge on any atom is -0.340 e. The summed E-state index contributed by atoms with van der Waals surface area (Å²) in [6, 6.07) is 4.58. The van der Waals surface area contributed by atoms with Gasteiger partial charge in [0.15, 0.2) is 0 Å². The first kappa shape index (κ1) is 11.5. The van der Waals surface area contributed by atoms with Gasteiger partial charge in [-0.1, -0.05) is 0 Å². The molecule has 19 heavy (non-hydrogen) atoms. The van der Waals surface area contributed by atoms with Crippen LogP contribution in [0.3, 0.4) is 0 Å². The van der Waals surface area contributed by atoms with Crippen molar-refractivity contribution in [3.8, 4) is 0 Å². The molecule has 0 aromatic carbocycles. The Morgan fingerprint density at radius 1 is 1.21 bits per heavy atom. The van der Waals surface area contributed by atoms with Crippen LogP contribution in [0.5, 0.6) is 0 Å². The molecule has 4 rings (SSSR count). The van der Waals surface area contributed by atoms with Gasteiger partial charge in [-0.05, 0) is 43.2 Å². The molecule has 1 aromatic rings. The second-order valence-corrected chi connectivity index (χ2v) is 6.27. The van der Waals surface area contributed by atoms with Crippen LogP contribution in [0.15, 0.2) is 18.3 Å². The van der Waals surface area contributed by atoms with Crippen LogP contribution >= 0.6 is 0 Å². The third-order valence-corrected chi connectivity index (χ3v) is 5.14. The molecule has 1 amide bonds. The van der Waals surface area contributed by atoms with Gasteiger partial charge < -0.3 is 14.8 Å². The van der Waals surface area contributed by atoms with Crippen molar-refractivity contribution in [1.29, 1.82) is 0 Å². The Kier molecular flexibility index (Phi) is 2.65. The van der Waals surface area contributed by atoms with Crippen molar-refractivity contribution in [2.75, 3.05) is 26.2 Å². The number of fused-ring (bicyclic) bond motifs is 1. The standard InChI is InChI=1S/C15H21N3O/c19-15(17-9-11-7-16-8-12(11)10-17)14-5-2-6-18(14)13-3-1-4-13/h2,5-6,11-13,16H,1,3-4,7-10H2. The summed E-state index contributed by atoms with van der Waals surface area (Å²) >= 11 is 0. The van der Waals surface area contributed by atoms with Crippen LogP contribution in [0.2, 0.25) is 0 Å². The lowest BCUT2D eigenvalue weighted by molar-refractivity contribution is 0.0765. The zero-order chi connectivity index (χ0) is 12.8. The van der Waals surface area contributed by atoms with Gasteiger partial charge in [-0.2, -0.15) is 0 Å². The highest BCUT2D eigenvalue weighted by atomic mass is 16.2. The van der Waals surface area contributed by atoms with Gasteiger partial charge in [-0.25, -0.2) is 0 Å². The van der Waals surface area contributed by atoms with Crippen LogP contribution in [0.4, 0.5) is 0 Å². The molecule has 4 heteroatoms. The summed E-state index contributed by atoms with van der Waals surface area (Å²) in [5.74, 6) is 1.60. The minimum absolute atomic E-state index is 0.242. The SMILES string of the molecule is O=C(c1cccn1C1CCC1)N1CC2CNCC2C1. The maximum Gasteiger partial charge on any atom is 0.270 e. The van der Waals surface area contributed by atoms with Gasteiger partial charge in [0, 0.05) is 38.4 Å². The summed E-state index contributed by atoms with van der Waals surface area (Å²) in [5.41, 5.74) is 0.901. The molecule has 0 bridgehead atoms. The quantitative estimate of drug-likeness (QED) is 0.874. The maximum absolute atomic E-state index is 12.7. The molecule has 2 saturated heterocycles. The summed E-state index contributed by atoms with van der Waals surface area (Å²) in [7, 11) is 0. The molecule has 1 aliphatic carbocycles. The summed E-state index contributed by atoms with van der Waals surface area (Å²) in [6.45, 7) is 4.04. The molecule has 1 aromatic heterocycles. The third-order valence-electron chi connectivity index (χ3n) is 5.14. The number of hydrogen-bond donors (Lipinski definition) is 1. The first-order valence-electron chi connectivity index (χ1n) is 7.50. The van der Waals surface area contributed by atoms with Gasteiger partial charge in [0.1, 0.15) is 5.69 Å². The summed E-state index contributed by atoms with van der Waals surface area (Å²) in [4.78, 5) is 14.8. The van der Waals surface area contributed by atoms with E-state index in [1.54, 1.807) is 0 Å². The first-order chi connectivity index (χ1) is 9.33. The molecule has 4 nitrogen and oxygen atoms in total. The number of carbonyl (C=O) groups is 1. The highest BCUT2D eigenvalue weighted by molar-refractivity contribution is 5.93. The maximum atomic E-state index is 12.7. The number of nitrogens with zero attached hydrogens (tertiary/aromatic N) is 2. The smallest absolute Gasteiger partial charge is 0.270 e. The van der Waals surface area contributed by atoms with Gasteiger partial charge in [0.05, 0.1) is 0 Å². The number of nitrogens with one attached hydrogen (secondary N) is 1. The van der Waals surface area contributed by atoms with Crippen LogP contribution in [-0.4, -0.2) is 41.6 Å². The number of amides is 1. The number of rotatable bonds is 2. The monoisotopic (exact) mass is 259 g/mol. The van der Waals surface area contributed by atoms with Crippen LogP contribution in [0, 0.1) is 11.8 Å². The average molecular weight is 259 g/mol. The normalized spacial score (nSPS) is 30.4. The molecular formula is C15H21N3O. The van der Waals surface area contributed by atoms with E-state index in [4.69, 9.17) is 0 Å². The zero-order valence-corrected chi connectivity index (χ0v) is 11.2. The van der Waals surface area contributed by atoms with E-state index in [0.717, 1.165) is 31.9 Å². The topological polar surface area (TPSA) is 37.3 Å². The Labute approximate surface area is 113 Å². The minimum atomic E-state index is 0.242. The Balaban J connectivity index is 1.53. The van der Waals surface area contributed by atoms with Crippen LogP contribution < -0.4 is 5.32 Å². The van der Waals surface area contributed by atoms with E-state index in [2.05, 4.69) is 21.0 Å². The number of carbonyl (C=O) groups excluding carboxylic acids is 1. The van der Waals surface area contributed by atoms with Crippen molar-refractivity contribution < 1.29 is 4.79 Å². The highest BCUT2D eigenvalue weighted by Crippen LogP contribution is 2.34. The molecule has 2 atom stereocenters. The lowest BCUT2D eigenvalue weighted by Crippen LogP contribution is -2.34. The van der Waals surface area contributed by atoms with E-state index < -0.39 is 0 Å². The van der Waals surface area contributed by atoms with Crippen molar-refractivity contribution in [2.24, 2.45) is 11.8 Å². The van der Waals surface area contributed by atoms with Crippen molar-refractivity contribution in [3.63, 3.8) is 0 Å². The van der Waals surface area contributed by atoms with E-state index in [1.807, 2.05) is 12.1 Å². The molecule has 102 valence electrons. The number of hydrogen-bond acceptors (Lipinski definition) is 2. The largest absolute Gasteiger partial charge is 0.340 e. The van der Waals surface area contributed by atoms with E-state index in [1.165, 1.54) is 19.3 Å². The Morgan fingerprint density at radius 2 is 1.95 bits per heavy atom. The van der Waals surface area contributed by atoms with Crippen molar-refractivity contribution >= 4 is 5.91 Å². The van der Waals surface area contributed by atoms with Crippen LogP contribution in [0.1, 0.15) is 35.8 Å². The van der Waals surface area contributed by atoms with Crippen LogP contribution in [-0.2, 0) is 0 Å².